The van der Waals surface area contributed by atoms with Gasteiger partial charge in [-0.3, -0.25) is 4.79 Å². The number of carbonyl (C=O) groups excluding carboxylic acids is 1. The van der Waals surface area contributed by atoms with Crippen molar-refractivity contribution in [2.75, 3.05) is 25.5 Å². The Kier molecular flexibility index (Phi) is 6.50. The molecule has 2 aromatic rings. The van der Waals surface area contributed by atoms with Gasteiger partial charge in [-0.05, 0) is 49.2 Å². The van der Waals surface area contributed by atoms with Crippen LogP contribution in [-0.4, -0.2) is 38.8 Å². The van der Waals surface area contributed by atoms with Crippen LogP contribution in [0, 0.1) is 0 Å². The number of nitrogens with zero attached hydrogens (tertiary/aromatic N) is 1. The molecule has 3 rings (SSSR count). The van der Waals surface area contributed by atoms with Crippen molar-refractivity contribution in [3.63, 3.8) is 0 Å². The zero-order valence-electron chi connectivity index (χ0n) is 15.2. The molecule has 1 amide bonds. The zero-order valence-corrected chi connectivity index (χ0v) is 17.6. The molecule has 1 fully saturated rings. The van der Waals surface area contributed by atoms with E-state index >= 15 is 0 Å². The summed E-state index contributed by atoms with van der Waals surface area (Å²) in [6.07, 6.45) is 2.70. The minimum Gasteiger partial charge on any atom is -0.495 e. The number of anilines is 1. The van der Waals surface area contributed by atoms with Crippen LogP contribution in [0.15, 0.2) is 41.3 Å². The summed E-state index contributed by atoms with van der Waals surface area (Å²) in [6.45, 7) is 0.988. The Hall–Kier alpha value is -1.80. The Morgan fingerprint density at radius 1 is 1.07 bits per heavy atom. The van der Waals surface area contributed by atoms with Crippen molar-refractivity contribution in [3.05, 3.63) is 52.0 Å². The fourth-order valence-corrected chi connectivity index (χ4v) is 4.98. The van der Waals surface area contributed by atoms with Crippen molar-refractivity contribution in [3.8, 4) is 5.75 Å². The second-order valence-electron chi connectivity index (χ2n) is 6.41. The molecule has 1 aliphatic rings. The molecule has 0 saturated carbocycles. The number of hydrogen-bond donors (Lipinski definition) is 1. The first kappa shape index (κ1) is 20.9. The molecule has 1 aliphatic heterocycles. The molecular weight excluding hydrogens is 423 g/mol. The largest absolute Gasteiger partial charge is 0.495 e. The Balaban J connectivity index is 1.93. The molecule has 0 aliphatic carbocycles. The molecule has 150 valence electrons. The first-order valence-electron chi connectivity index (χ1n) is 8.77. The number of hydrogen-bond acceptors (Lipinski definition) is 4. The van der Waals surface area contributed by atoms with E-state index in [1.807, 2.05) is 0 Å². The average Bonchev–Trinajstić information content (AvgIpc) is 2.70. The van der Waals surface area contributed by atoms with E-state index in [4.69, 9.17) is 27.9 Å². The SMILES string of the molecule is COc1ccc(S(=O)(=O)N2CCCCC2)cc1NC(=O)c1cc(Cl)ccc1Cl. The van der Waals surface area contributed by atoms with E-state index < -0.39 is 15.9 Å². The van der Waals surface area contributed by atoms with Crippen molar-refractivity contribution in [1.82, 2.24) is 4.31 Å². The highest BCUT2D eigenvalue weighted by Crippen LogP contribution is 2.31. The van der Waals surface area contributed by atoms with E-state index in [1.54, 1.807) is 6.07 Å². The van der Waals surface area contributed by atoms with Crippen LogP contribution >= 0.6 is 23.2 Å². The Morgan fingerprint density at radius 3 is 2.46 bits per heavy atom. The number of nitrogens with one attached hydrogen (secondary N) is 1. The third-order valence-corrected chi connectivity index (χ3v) is 7.00. The number of sulfonamides is 1. The molecule has 0 spiro atoms. The zero-order chi connectivity index (χ0) is 20.3. The molecule has 1 N–H and O–H groups in total. The molecule has 0 aromatic heterocycles. The van der Waals surface area contributed by atoms with E-state index in [9.17, 15) is 13.2 Å². The summed E-state index contributed by atoms with van der Waals surface area (Å²) in [5, 5.41) is 3.27. The van der Waals surface area contributed by atoms with E-state index in [-0.39, 0.29) is 21.2 Å². The van der Waals surface area contributed by atoms with Crippen molar-refractivity contribution in [1.29, 1.82) is 0 Å². The van der Waals surface area contributed by atoms with Crippen molar-refractivity contribution >= 4 is 44.8 Å². The molecule has 2 aromatic carbocycles. The van der Waals surface area contributed by atoms with E-state index in [1.165, 1.54) is 41.7 Å². The highest BCUT2D eigenvalue weighted by molar-refractivity contribution is 7.89. The lowest BCUT2D eigenvalue weighted by molar-refractivity contribution is 0.102. The molecule has 0 atom stereocenters. The van der Waals surface area contributed by atoms with Crippen molar-refractivity contribution < 1.29 is 17.9 Å². The van der Waals surface area contributed by atoms with Crippen LogP contribution in [0.25, 0.3) is 0 Å². The molecule has 0 radical (unpaired) electrons. The van der Waals surface area contributed by atoms with Gasteiger partial charge < -0.3 is 10.1 Å². The van der Waals surface area contributed by atoms with Gasteiger partial charge >= 0.3 is 0 Å². The van der Waals surface area contributed by atoms with Crippen molar-refractivity contribution in [2.24, 2.45) is 0 Å². The van der Waals surface area contributed by atoms with Gasteiger partial charge in [0.05, 0.1) is 28.3 Å². The molecule has 0 unspecified atom stereocenters. The number of rotatable bonds is 5. The fraction of sp³-hybridized carbons (Fsp3) is 0.316. The Morgan fingerprint density at radius 2 is 1.79 bits per heavy atom. The molecule has 6 nitrogen and oxygen atoms in total. The highest BCUT2D eigenvalue weighted by Gasteiger charge is 2.27. The van der Waals surface area contributed by atoms with Gasteiger partial charge in [-0.1, -0.05) is 29.6 Å². The maximum atomic E-state index is 12.9. The van der Waals surface area contributed by atoms with Crippen LogP contribution in [-0.2, 0) is 10.0 Å². The average molecular weight is 443 g/mol. The summed E-state index contributed by atoms with van der Waals surface area (Å²) < 4.78 is 32.6. The van der Waals surface area contributed by atoms with Crippen LogP contribution in [0.4, 0.5) is 5.69 Å². The smallest absolute Gasteiger partial charge is 0.257 e. The van der Waals surface area contributed by atoms with Gasteiger partial charge in [-0.25, -0.2) is 8.42 Å². The Labute approximate surface area is 174 Å². The Bertz CT molecular complexity index is 989. The van der Waals surface area contributed by atoms with Gasteiger partial charge in [0.25, 0.3) is 5.91 Å². The topological polar surface area (TPSA) is 75.7 Å². The molecule has 28 heavy (non-hydrogen) atoms. The fourth-order valence-electron chi connectivity index (χ4n) is 3.06. The van der Waals surface area contributed by atoms with Gasteiger partial charge in [-0.15, -0.1) is 0 Å². The van der Waals surface area contributed by atoms with Crippen molar-refractivity contribution in [2.45, 2.75) is 24.2 Å². The number of methoxy groups -OCH3 is 1. The first-order chi connectivity index (χ1) is 13.3. The molecule has 0 bridgehead atoms. The molecule has 1 heterocycles. The minimum atomic E-state index is -3.65. The van der Waals surface area contributed by atoms with Crippen LogP contribution in [0.1, 0.15) is 29.6 Å². The lowest BCUT2D eigenvalue weighted by Gasteiger charge is -2.26. The number of halogens is 2. The lowest BCUT2D eigenvalue weighted by atomic mass is 10.2. The summed E-state index contributed by atoms with van der Waals surface area (Å²) in [5.74, 6) is -0.178. The summed E-state index contributed by atoms with van der Waals surface area (Å²) in [7, 11) is -2.20. The van der Waals surface area contributed by atoms with Gasteiger partial charge in [0.15, 0.2) is 0 Å². The summed E-state index contributed by atoms with van der Waals surface area (Å²) in [5.41, 5.74) is 0.419. The monoisotopic (exact) mass is 442 g/mol. The second-order valence-corrected chi connectivity index (χ2v) is 9.19. The van der Waals surface area contributed by atoms with E-state index in [2.05, 4.69) is 5.32 Å². The maximum absolute atomic E-state index is 12.9. The van der Waals surface area contributed by atoms with E-state index in [0.717, 1.165) is 19.3 Å². The molecule has 9 heteroatoms. The van der Waals surface area contributed by atoms with Crippen LogP contribution in [0.3, 0.4) is 0 Å². The predicted molar refractivity (Wildman–Crippen MR) is 110 cm³/mol. The van der Waals surface area contributed by atoms with Crippen LogP contribution < -0.4 is 10.1 Å². The van der Waals surface area contributed by atoms with Gasteiger partial charge in [0.2, 0.25) is 10.0 Å². The highest BCUT2D eigenvalue weighted by atomic mass is 35.5. The first-order valence-corrected chi connectivity index (χ1v) is 11.0. The summed E-state index contributed by atoms with van der Waals surface area (Å²) in [6, 6.07) is 8.94. The van der Waals surface area contributed by atoms with Gasteiger partial charge in [0, 0.05) is 18.1 Å². The van der Waals surface area contributed by atoms with Gasteiger partial charge in [-0.2, -0.15) is 4.31 Å². The van der Waals surface area contributed by atoms with Crippen LogP contribution in [0.5, 0.6) is 5.75 Å². The van der Waals surface area contributed by atoms with Crippen LogP contribution in [0.2, 0.25) is 10.0 Å². The summed E-state index contributed by atoms with van der Waals surface area (Å²) >= 11 is 12.0. The minimum absolute atomic E-state index is 0.0997. The number of carbonyl (C=O) groups is 1. The standard InChI is InChI=1S/C19H20Cl2N2O4S/c1-27-18-8-6-14(28(25,26)23-9-3-2-4-10-23)12-17(18)22-19(24)15-11-13(20)5-7-16(15)21/h5-8,11-12H,2-4,9-10H2,1H3,(H,22,24). The maximum Gasteiger partial charge on any atom is 0.257 e. The normalized spacial score (nSPS) is 15.2. The lowest BCUT2D eigenvalue weighted by Crippen LogP contribution is -2.35. The van der Waals surface area contributed by atoms with Gasteiger partial charge in [0.1, 0.15) is 5.75 Å². The quantitative estimate of drug-likeness (QED) is 0.742. The number of ether oxygens (including phenoxy) is 1. The number of piperidine rings is 1. The third-order valence-electron chi connectivity index (χ3n) is 4.54. The molecule has 1 saturated heterocycles. The molecular formula is C19H20Cl2N2O4S. The number of benzene rings is 2. The third kappa shape index (κ3) is 4.43. The summed E-state index contributed by atoms with van der Waals surface area (Å²) in [4.78, 5) is 12.7. The number of amides is 1. The predicted octanol–water partition coefficient (Wildman–Crippen LogP) is 4.43. The second kappa shape index (κ2) is 8.69. The van der Waals surface area contributed by atoms with E-state index in [0.29, 0.717) is 23.9 Å².